The fourth-order valence-electron chi connectivity index (χ4n) is 3.32. The summed E-state index contributed by atoms with van der Waals surface area (Å²) in [4.78, 5) is 15.9. The molecule has 1 aliphatic heterocycles. The number of alkyl carbamates (subject to hydrolysis) is 1. The first-order chi connectivity index (χ1) is 14.8. The number of sulfonamides is 1. The molecule has 2 aromatic heterocycles. The van der Waals surface area contributed by atoms with E-state index in [1.54, 1.807) is 26.2 Å². The van der Waals surface area contributed by atoms with Crippen molar-refractivity contribution in [3.8, 4) is 17.1 Å². The monoisotopic (exact) mass is 451 g/mol. The number of aromatic amines is 1. The number of hydrogen-bond acceptors (Lipinski definition) is 7. The predicted octanol–water partition coefficient (Wildman–Crippen LogP) is 2.03. The van der Waals surface area contributed by atoms with Crippen molar-refractivity contribution >= 4 is 16.1 Å². The number of nitrogens with one attached hydrogen (secondary N) is 2. The van der Waals surface area contributed by atoms with E-state index < -0.39 is 16.1 Å². The molecule has 0 bridgehead atoms. The Morgan fingerprint density at radius 2 is 2.19 bits per heavy atom. The van der Waals surface area contributed by atoms with E-state index in [1.807, 2.05) is 18.2 Å². The van der Waals surface area contributed by atoms with Gasteiger partial charge in [-0.2, -0.15) is 5.10 Å². The average molecular weight is 452 g/mol. The lowest BCUT2D eigenvalue weighted by Gasteiger charge is -2.31. The van der Waals surface area contributed by atoms with E-state index >= 15 is 0 Å². The average Bonchev–Trinajstić information content (AvgIpc) is 3.27. The maximum Gasteiger partial charge on any atom is 0.407 e. The molecule has 1 amide bonds. The zero-order valence-electron chi connectivity index (χ0n) is 17.8. The van der Waals surface area contributed by atoms with Gasteiger partial charge in [0.15, 0.2) is 0 Å². The summed E-state index contributed by atoms with van der Waals surface area (Å²) in [6.07, 6.45) is 4.11. The van der Waals surface area contributed by atoms with Gasteiger partial charge in [-0.05, 0) is 44.9 Å². The summed E-state index contributed by atoms with van der Waals surface area (Å²) in [6, 6.07) is 5.52. The lowest BCUT2D eigenvalue weighted by molar-refractivity contribution is 0.116. The SMILES string of the molecule is CC(C)OC(=O)NCCS(=O)(=O)N1CCC[C@@H](COc2ccc(-c3ccn[nH]3)nc2)C1. The van der Waals surface area contributed by atoms with E-state index in [2.05, 4.69) is 20.5 Å². The Hall–Kier alpha value is -2.66. The molecule has 0 radical (unpaired) electrons. The molecule has 1 aliphatic rings. The lowest BCUT2D eigenvalue weighted by atomic mass is 10.0. The molecule has 0 aliphatic carbocycles. The van der Waals surface area contributed by atoms with Gasteiger partial charge in [0.25, 0.3) is 0 Å². The van der Waals surface area contributed by atoms with Crippen LogP contribution in [-0.2, 0) is 14.8 Å². The zero-order valence-corrected chi connectivity index (χ0v) is 18.6. The first kappa shape index (κ1) is 23.0. The number of hydrogen-bond donors (Lipinski definition) is 2. The van der Waals surface area contributed by atoms with Gasteiger partial charge < -0.3 is 14.8 Å². The van der Waals surface area contributed by atoms with Gasteiger partial charge in [0.1, 0.15) is 5.75 Å². The molecule has 1 fully saturated rings. The van der Waals surface area contributed by atoms with Crippen molar-refractivity contribution in [2.45, 2.75) is 32.8 Å². The van der Waals surface area contributed by atoms with Crippen molar-refractivity contribution in [3.05, 3.63) is 30.6 Å². The largest absolute Gasteiger partial charge is 0.492 e. The first-order valence-corrected chi connectivity index (χ1v) is 12.0. The third kappa shape index (κ3) is 6.93. The quantitative estimate of drug-likeness (QED) is 0.597. The molecule has 0 spiro atoms. The standard InChI is InChI=1S/C20H29N5O5S/c1-15(2)30-20(26)21-9-11-31(27,28)25-10-3-4-16(13-25)14-29-17-5-6-18(22-12-17)19-7-8-23-24-19/h5-8,12,15-16H,3-4,9-11,13-14H2,1-2H3,(H,21,26)(H,23,24)/t16-/m1/s1. The summed E-state index contributed by atoms with van der Waals surface area (Å²) in [7, 11) is -3.47. The van der Waals surface area contributed by atoms with Crippen LogP contribution >= 0.6 is 0 Å². The molecule has 3 heterocycles. The second-order valence-corrected chi connectivity index (χ2v) is 9.81. The van der Waals surface area contributed by atoms with Crippen molar-refractivity contribution in [1.82, 2.24) is 24.8 Å². The molecule has 0 aromatic carbocycles. The van der Waals surface area contributed by atoms with E-state index in [9.17, 15) is 13.2 Å². The maximum atomic E-state index is 12.6. The Morgan fingerprint density at radius 1 is 1.35 bits per heavy atom. The van der Waals surface area contributed by atoms with Gasteiger partial charge in [-0.25, -0.2) is 17.5 Å². The topological polar surface area (TPSA) is 127 Å². The molecule has 10 nitrogen and oxygen atoms in total. The van der Waals surface area contributed by atoms with Crippen LogP contribution in [0.3, 0.4) is 0 Å². The molecule has 0 saturated carbocycles. The fraction of sp³-hybridized carbons (Fsp3) is 0.550. The number of ether oxygens (including phenoxy) is 2. The summed E-state index contributed by atoms with van der Waals surface area (Å²) < 4.78 is 37.5. The van der Waals surface area contributed by atoms with Gasteiger partial charge in [0.2, 0.25) is 10.0 Å². The van der Waals surface area contributed by atoms with Crippen LogP contribution < -0.4 is 10.1 Å². The molecule has 11 heteroatoms. The predicted molar refractivity (Wildman–Crippen MR) is 115 cm³/mol. The van der Waals surface area contributed by atoms with Gasteiger partial charge in [-0.1, -0.05) is 0 Å². The highest BCUT2D eigenvalue weighted by molar-refractivity contribution is 7.89. The molecule has 0 unspecified atom stereocenters. The lowest BCUT2D eigenvalue weighted by Crippen LogP contribution is -2.44. The Labute approximate surface area is 182 Å². The molecule has 2 N–H and O–H groups in total. The Kier molecular flexibility index (Phi) is 7.85. The maximum absolute atomic E-state index is 12.6. The number of nitrogens with zero attached hydrogens (tertiary/aromatic N) is 3. The number of carbonyl (C=O) groups excluding carboxylic acids is 1. The van der Waals surface area contributed by atoms with Crippen molar-refractivity contribution < 1.29 is 22.7 Å². The minimum atomic E-state index is -3.47. The number of amides is 1. The molecular formula is C20H29N5O5S. The zero-order chi connectivity index (χ0) is 22.3. The summed E-state index contributed by atoms with van der Waals surface area (Å²) in [5.74, 6) is 0.568. The number of aromatic nitrogens is 3. The number of piperidine rings is 1. The van der Waals surface area contributed by atoms with Crippen LogP contribution in [0, 0.1) is 5.92 Å². The third-order valence-electron chi connectivity index (χ3n) is 4.85. The van der Waals surface area contributed by atoms with Crippen molar-refractivity contribution in [3.63, 3.8) is 0 Å². The Bertz CT molecular complexity index is 931. The molecular weight excluding hydrogens is 422 g/mol. The summed E-state index contributed by atoms with van der Waals surface area (Å²) in [5.41, 5.74) is 1.59. The van der Waals surface area contributed by atoms with Crippen LogP contribution in [0.2, 0.25) is 0 Å². The third-order valence-corrected chi connectivity index (χ3v) is 6.68. The molecule has 1 atom stereocenters. The molecule has 31 heavy (non-hydrogen) atoms. The van der Waals surface area contributed by atoms with Crippen LogP contribution in [0.4, 0.5) is 4.79 Å². The molecule has 170 valence electrons. The normalized spacial score (nSPS) is 17.5. The minimum Gasteiger partial charge on any atom is -0.492 e. The Balaban J connectivity index is 1.45. The van der Waals surface area contributed by atoms with Crippen molar-refractivity contribution in [2.24, 2.45) is 5.92 Å². The van der Waals surface area contributed by atoms with Crippen LogP contribution in [0.1, 0.15) is 26.7 Å². The number of pyridine rings is 1. The van der Waals surface area contributed by atoms with E-state index in [4.69, 9.17) is 9.47 Å². The highest BCUT2D eigenvalue weighted by Crippen LogP contribution is 2.22. The fourth-order valence-corrected chi connectivity index (χ4v) is 4.78. The summed E-state index contributed by atoms with van der Waals surface area (Å²) >= 11 is 0. The highest BCUT2D eigenvalue weighted by atomic mass is 32.2. The number of H-pyrrole nitrogens is 1. The van der Waals surface area contributed by atoms with Gasteiger partial charge in [0.05, 0.1) is 36.0 Å². The van der Waals surface area contributed by atoms with Gasteiger partial charge in [0, 0.05) is 31.7 Å². The van der Waals surface area contributed by atoms with Crippen LogP contribution in [0.15, 0.2) is 30.6 Å². The van der Waals surface area contributed by atoms with Gasteiger partial charge in [-0.3, -0.25) is 10.1 Å². The molecule has 3 rings (SSSR count). The highest BCUT2D eigenvalue weighted by Gasteiger charge is 2.29. The molecule has 1 saturated heterocycles. The van der Waals surface area contributed by atoms with Crippen LogP contribution in [0.25, 0.3) is 11.4 Å². The molecule has 2 aromatic rings. The van der Waals surface area contributed by atoms with E-state index in [0.29, 0.717) is 25.4 Å². The van der Waals surface area contributed by atoms with Crippen molar-refractivity contribution in [2.75, 3.05) is 32.0 Å². The van der Waals surface area contributed by atoms with Crippen LogP contribution in [-0.4, -0.2) is 72.1 Å². The van der Waals surface area contributed by atoms with Gasteiger partial charge >= 0.3 is 6.09 Å². The second-order valence-electron chi connectivity index (χ2n) is 7.72. The summed E-state index contributed by atoms with van der Waals surface area (Å²) in [5, 5.41) is 9.24. The number of carbonyl (C=O) groups is 1. The summed E-state index contributed by atoms with van der Waals surface area (Å²) in [6.45, 7) is 4.77. The Morgan fingerprint density at radius 3 is 2.87 bits per heavy atom. The van der Waals surface area contributed by atoms with Crippen molar-refractivity contribution in [1.29, 1.82) is 0 Å². The smallest absolute Gasteiger partial charge is 0.407 e. The number of rotatable bonds is 9. The first-order valence-electron chi connectivity index (χ1n) is 10.3. The van der Waals surface area contributed by atoms with Gasteiger partial charge in [-0.15, -0.1) is 0 Å². The van der Waals surface area contributed by atoms with Crippen LogP contribution in [0.5, 0.6) is 5.75 Å². The van der Waals surface area contributed by atoms with E-state index in [-0.39, 0.29) is 24.3 Å². The van der Waals surface area contributed by atoms with E-state index in [0.717, 1.165) is 24.2 Å². The van der Waals surface area contributed by atoms with E-state index in [1.165, 1.54) is 4.31 Å². The minimum absolute atomic E-state index is 0.0138. The second kappa shape index (κ2) is 10.6.